The Kier molecular flexibility index (Phi) is 7.65. The Hall–Kier alpha value is -7.70. The number of hydrogen-bond donors (Lipinski definition) is 0. The van der Waals surface area contributed by atoms with Gasteiger partial charge in [0.25, 0.3) is 11.1 Å². The molecule has 0 bridgehead atoms. The van der Waals surface area contributed by atoms with Gasteiger partial charge in [-0.3, -0.25) is 14.0 Å². The van der Waals surface area contributed by atoms with Gasteiger partial charge in [-0.1, -0.05) is 122 Å². The summed E-state index contributed by atoms with van der Waals surface area (Å²) in [6.07, 6.45) is 5.70. The van der Waals surface area contributed by atoms with E-state index in [9.17, 15) is 14.9 Å². The molecule has 0 radical (unpaired) electrons. The van der Waals surface area contributed by atoms with Crippen LogP contribution in [0.3, 0.4) is 0 Å². The van der Waals surface area contributed by atoms with E-state index in [0.29, 0.717) is 44.8 Å². The van der Waals surface area contributed by atoms with Crippen LogP contribution in [-0.4, -0.2) is 23.9 Å². The average molecular weight is 701 g/mol. The Morgan fingerprint density at radius 3 is 2.02 bits per heavy atom. The molecule has 9 heteroatoms. The van der Waals surface area contributed by atoms with Crippen LogP contribution >= 0.6 is 0 Å². The summed E-state index contributed by atoms with van der Waals surface area (Å²) in [5.74, 6) is 1.28. The molecule has 9 rings (SSSR count). The number of pyridine rings is 1. The number of benzene rings is 5. The maximum atomic E-state index is 14.6. The summed E-state index contributed by atoms with van der Waals surface area (Å²) in [5.41, 5.74) is 4.64. The molecule has 0 saturated heterocycles. The molecule has 4 aromatic heterocycles. The van der Waals surface area contributed by atoms with E-state index in [0.717, 1.165) is 27.7 Å². The Balaban J connectivity index is 1.30. The van der Waals surface area contributed by atoms with Gasteiger partial charge in [0.1, 0.15) is 28.6 Å². The van der Waals surface area contributed by atoms with Crippen molar-refractivity contribution in [3.05, 3.63) is 172 Å². The van der Waals surface area contributed by atoms with Crippen LogP contribution in [0.5, 0.6) is 0 Å². The standard InChI is InChI=1S/C45H28N6O3/c1-3-13-32-33-20-12-19-30(39(33)54-38(32)4-2)27-22-24-29(25-23-27)41-47-40(28-14-6-5-7-15-28)48-45(49-41)51-42-36(26-46)31-16-8-9-17-34(31)43(52)50(42)37-21-11-10-18-35(37)44(51)53/h3-25H,2H2,1H3/b13-3-. The van der Waals surface area contributed by atoms with E-state index in [1.54, 1.807) is 54.6 Å². The summed E-state index contributed by atoms with van der Waals surface area (Å²) in [4.78, 5) is 43.4. The van der Waals surface area contributed by atoms with Crippen molar-refractivity contribution in [2.24, 2.45) is 0 Å². The molecule has 256 valence electrons. The fourth-order valence-electron chi connectivity index (χ4n) is 7.12. The highest BCUT2D eigenvalue weighted by Gasteiger charge is 2.23. The van der Waals surface area contributed by atoms with Crippen LogP contribution in [0.2, 0.25) is 0 Å². The first kappa shape index (κ1) is 32.2. The SMILES string of the molecule is C=Cc1oc2c(-c3ccc(-c4nc(-c5ccccc5)nc(-n5c(=O)c6ccccc6n6c(=O)c7ccccc7c(C#N)c56)n4)cc3)cccc2c1/C=C\C. The molecule has 0 N–H and O–H groups in total. The van der Waals surface area contributed by atoms with Crippen molar-refractivity contribution in [1.29, 1.82) is 5.26 Å². The largest absolute Gasteiger partial charge is 0.455 e. The molecule has 0 atom stereocenters. The molecule has 0 fully saturated rings. The smallest absolute Gasteiger partial charge is 0.268 e. The monoisotopic (exact) mass is 700 g/mol. The number of allylic oxidation sites excluding steroid dienone is 1. The zero-order valence-corrected chi connectivity index (χ0v) is 28.9. The second kappa shape index (κ2) is 12.8. The Morgan fingerprint density at radius 2 is 1.31 bits per heavy atom. The highest BCUT2D eigenvalue weighted by atomic mass is 16.3. The molecule has 0 saturated carbocycles. The van der Waals surface area contributed by atoms with Gasteiger partial charge in [-0.15, -0.1) is 0 Å². The minimum atomic E-state index is -0.481. The lowest BCUT2D eigenvalue weighted by Crippen LogP contribution is -2.29. The number of aromatic nitrogens is 5. The number of hydrogen-bond acceptors (Lipinski definition) is 7. The van der Waals surface area contributed by atoms with E-state index < -0.39 is 5.56 Å². The number of furan rings is 1. The number of fused-ring (bicyclic) bond motifs is 5. The van der Waals surface area contributed by atoms with Crippen LogP contribution in [-0.2, 0) is 0 Å². The third-order valence-corrected chi connectivity index (χ3v) is 9.58. The first-order valence-corrected chi connectivity index (χ1v) is 17.3. The summed E-state index contributed by atoms with van der Waals surface area (Å²) in [6, 6.07) is 39.2. The van der Waals surface area contributed by atoms with Crippen LogP contribution in [0.15, 0.2) is 148 Å². The average Bonchev–Trinajstić information content (AvgIpc) is 3.59. The van der Waals surface area contributed by atoms with Crippen molar-refractivity contribution in [3.63, 3.8) is 0 Å². The fraction of sp³-hybridized carbons (Fsp3) is 0.0222. The highest BCUT2D eigenvalue weighted by molar-refractivity contribution is 6.00. The summed E-state index contributed by atoms with van der Waals surface area (Å²) in [7, 11) is 0. The van der Waals surface area contributed by atoms with Gasteiger partial charge < -0.3 is 4.42 Å². The Morgan fingerprint density at radius 1 is 0.685 bits per heavy atom. The van der Waals surface area contributed by atoms with Crippen LogP contribution in [0.4, 0.5) is 0 Å². The van der Waals surface area contributed by atoms with Crippen molar-refractivity contribution in [1.82, 2.24) is 23.9 Å². The predicted octanol–water partition coefficient (Wildman–Crippen LogP) is 9.24. The number of rotatable bonds is 6. The van der Waals surface area contributed by atoms with Gasteiger partial charge in [0, 0.05) is 38.4 Å². The molecular formula is C45H28N6O3. The maximum Gasteiger partial charge on any atom is 0.268 e. The van der Waals surface area contributed by atoms with Gasteiger partial charge in [0.2, 0.25) is 5.95 Å². The molecule has 0 spiro atoms. The first-order valence-electron chi connectivity index (χ1n) is 17.3. The molecule has 0 amide bonds. The molecule has 0 aliphatic rings. The lowest BCUT2D eigenvalue weighted by Gasteiger charge is -2.16. The van der Waals surface area contributed by atoms with E-state index >= 15 is 0 Å². The van der Waals surface area contributed by atoms with Crippen molar-refractivity contribution in [3.8, 4) is 45.9 Å². The molecule has 4 heterocycles. The van der Waals surface area contributed by atoms with Gasteiger partial charge >= 0.3 is 0 Å². The predicted molar refractivity (Wildman–Crippen MR) is 213 cm³/mol. The Labute approximate surface area is 307 Å². The van der Waals surface area contributed by atoms with Crippen LogP contribution in [0, 0.1) is 11.3 Å². The van der Waals surface area contributed by atoms with E-state index in [4.69, 9.17) is 19.4 Å². The zero-order valence-electron chi connectivity index (χ0n) is 28.9. The van der Waals surface area contributed by atoms with E-state index in [1.165, 1.54) is 8.97 Å². The molecule has 9 nitrogen and oxygen atoms in total. The third kappa shape index (κ3) is 4.97. The molecule has 9 aromatic rings. The lowest BCUT2D eigenvalue weighted by molar-refractivity contribution is 0.604. The molecule has 5 aromatic carbocycles. The third-order valence-electron chi connectivity index (χ3n) is 9.58. The minimum absolute atomic E-state index is 0.0313. The number of para-hydroxylation sites is 2. The lowest BCUT2D eigenvalue weighted by atomic mass is 10.00. The van der Waals surface area contributed by atoms with Crippen molar-refractivity contribution in [2.75, 3.05) is 0 Å². The van der Waals surface area contributed by atoms with Crippen molar-refractivity contribution in [2.45, 2.75) is 6.92 Å². The van der Waals surface area contributed by atoms with Gasteiger partial charge in [0.15, 0.2) is 11.6 Å². The van der Waals surface area contributed by atoms with Gasteiger partial charge in [-0.05, 0) is 36.8 Å². The number of nitrogens with zero attached hydrogens (tertiary/aromatic N) is 6. The molecular weight excluding hydrogens is 673 g/mol. The maximum absolute atomic E-state index is 14.6. The summed E-state index contributed by atoms with van der Waals surface area (Å²) >= 11 is 0. The van der Waals surface area contributed by atoms with E-state index in [-0.39, 0.29) is 28.1 Å². The summed E-state index contributed by atoms with van der Waals surface area (Å²) < 4.78 is 8.95. The molecule has 0 unspecified atom stereocenters. The quantitative estimate of drug-likeness (QED) is 0.125. The second-order valence-electron chi connectivity index (χ2n) is 12.6. The molecule has 0 aliphatic heterocycles. The van der Waals surface area contributed by atoms with Gasteiger partial charge in [-0.25, -0.2) is 9.55 Å². The van der Waals surface area contributed by atoms with E-state index in [2.05, 4.69) is 12.6 Å². The highest BCUT2D eigenvalue weighted by Crippen LogP contribution is 2.36. The van der Waals surface area contributed by atoms with E-state index in [1.807, 2.05) is 91.9 Å². The normalized spacial score (nSPS) is 11.6. The molecule has 0 aliphatic carbocycles. The van der Waals surface area contributed by atoms with Gasteiger partial charge in [0.05, 0.1) is 10.9 Å². The van der Waals surface area contributed by atoms with Crippen LogP contribution in [0.1, 0.15) is 23.8 Å². The topological polar surface area (TPSA) is 119 Å². The van der Waals surface area contributed by atoms with Crippen molar-refractivity contribution < 1.29 is 4.42 Å². The molecule has 54 heavy (non-hydrogen) atoms. The minimum Gasteiger partial charge on any atom is -0.455 e. The van der Waals surface area contributed by atoms with Crippen molar-refractivity contribution >= 4 is 50.4 Å². The summed E-state index contributed by atoms with van der Waals surface area (Å²) in [6.45, 7) is 5.90. The summed E-state index contributed by atoms with van der Waals surface area (Å²) in [5, 5.41) is 12.6. The number of nitriles is 1. The Bertz CT molecular complexity index is 3190. The first-order chi connectivity index (χ1) is 26.5. The van der Waals surface area contributed by atoms with Gasteiger partial charge in [-0.2, -0.15) is 15.2 Å². The fourth-order valence-corrected chi connectivity index (χ4v) is 7.12. The van der Waals surface area contributed by atoms with Crippen LogP contribution < -0.4 is 11.1 Å². The second-order valence-corrected chi connectivity index (χ2v) is 12.6. The zero-order chi connectivity index (χ0) is 36.9. The van der Waals surface area contributed by atoms with Crippen LogP contribution in [0.25, 0.3) is 90.3 Å².